The van der Waals surface area contributed by atoms with Crippen molar-refractivity contribution in [2.24, 2.45) is 5.10 Å². The van der Waals surface area contributed by atoms with Gasteiger partial charge in [0.05, 0.1) is 16.8 Å². The summed E-state index contributed by atoms with van der Waals surface area (Å²) in [5.41, 5.74) is 6.94. The summed E-state index contributed by atoms with van der Waals surface area (Å²) in [7, 11) is -4.02. The summed E-state index contributed by atoms with van der Waals surface area (Å²) in [4.78, 5) is 25.1. The highest BCUT2D eigenvalue weighted by atomic mass is 32.2. The number of hydrogen-bond acceptors (Lipinski definition) is 6. The Balaban J connectivity index is 1.36. The molecule has 0 atom stereocenters. The predicted octanol–water partition coefficient (Wildman–Crippen LogP) is 4.97. The molecule has 0 saturated heterocycles. The molecule has 0 aliphatic heterocycles. The minimum absolute atomic E-state index is 0.0807. The zero-order valence-electron chi connectivity index (χ0n) is 23.6. The van der Waals surface area contributed by atoms with E-state index in [1.54, 1.807) is 54.6 Å². The number of nitrogens with one attached hydrogen (secondary N) is 2. The van der Waals surface area contributed by atoms with E-state index in [1.807, 2.05) is 51.1 Å². The molecule has 4 aromatic carbocycles. The Kier molecular flexibility index (Phi) is 9.72. The number of nitrogens with zero attached hydrogens (tertiary/aromatic N) is 2. The maximum absolute atomic E-state index is 13.5. The van der Waals surface area contributed by atoms with E-state index in [0.717, 1.165) is 21.0 Å². The Labute approximate surface area is 245 Å². The van der Waals surface area contributed by atoms with Gasteiger partial charge in [0.1, 0.15) is 12.3 Å². The number of amides is 2. The van der Waals surface area contributed by atoms with Crippen molar-refractivity contribution in [3.05, 3.63) is 119 Å². The van der Waals surface area contributed by atoms with Crippen molar-refractivity contribution < 1.29 is 22.7 Å². The number of carbonyl (C=O) groups excluding carboxylic acids is 2. The second kappa shape index (κ2) is 13.6. The van der Waals surface area contributed by atoms with Gasteiger partial charge in [-0.05, 0) is 92.1 Å². The largest absolute Gasteiger partial charge is 0.484 e. The summed E-state index contributed by atoms with van der Waals surface area (Å²) in [6.45, 7) is 5.05. The lowest BCUT2D eigenvalue weighted by Crippen LogP contribution is -2.40. The van der Waals surface area contributed by atoms with Gasteiger partial charge in [-0.1, -0.05) is 48.0 Å². The number of sulfonamides is 1. The quantitative estimate of drug-likeness (QED) is 0.191. The summed E-state index contributed by atoms with van der Waals surface area (Å²) >= 11 is 0. The van der Waals surface area contributed by atoms with Crippen molar-refractivity contribution in [3.63, 3.8) is 0 Å². The van der Waals surface area contributed by atoms with Crippen LogP contribution in [0.3, 0.4) is 0 Å². The first-order valence-corrected chi connectivity index (χ1v) is 14.6. The van der Waals surface area contributed by atoms with Gasteiger partial charge >= 0.3 is 0 Å². The van der Waals surface area contributed by atoms with E-state index < -0.39 is 22.5 Å². The van der Waals surface area contributed by atoms with Crippen LogP contribution in [0, 0.1) is 20.8 Å². The maximum atomic E-state index is 13.5. The zero-order chi connectivity index (χ0) is 30.1. The predicted molar refractivity (Wildman–Crippen MR) is 164 cm³/mol. The van der Waals surface area contributed by atoms with E-state index in [0.29, 0.717) is 22.7 Å². The lowest BCUT2D eigenvalue weighted by Gasteiger charge is -2.26. The third-order valence-electron chi connectivity index (χ3n) is 6.45. The molecule has 0 saturated carbocycles. The standard InChI is InChI=1S/C32H32N4O5S/c1-23-12-16-27(17-13-23)34-32(38)22-41-28-18-14-26(15-19-28)20-33-35-31(37)21-36(30-11-7-8-24(2)25(30)3)42(39,40)29-9-5-4-6-10-29/h4-20H,21-22H2,1-3H3,(H,34,38)(H,35,37)/b33-20+. The van der Waals surface area contributed by atoms with Crippen LogP contribution in [0.4, 0.5) is 11.4 Å². The van der Waals surface area contributed by atoms with Gasteiger partial charge in [-0.2, -0.15) is 5.10 Å². The molecule has 42 heavy (non-hydrogen) atoms. The van der Waals surface area contributed by atoms with Gasteiger partial charge in [-0.25, -0.2) is 13.8 Å². The van der Waals surface area contributed by atoms with Gasteiger partial charge < -0.3 is 10.1 Å². The normalized spacial score (nSPS) is 11.2. The number of hydrogen-bond donors (Lipinski definition) is 2. The molecule has 4 rings (SSSR count). The number of rotatable bonds is 11. The Morgan fingerprint density at radius 1 is 0.833 bits per heavy atom. The highest BCUT2D eigenvalue weighted by Crippen LogP contribution is 2.28. The van der Waals surface area contributed by atoms with Crippen LogP contribution in [-0.4, -0.2) is 39.6 Å². The summed E-state index contributed by atoms with van der Waals surface area (Å²) in [5.74, 6) is -0.395. The number of ether oxygens (including phenoxy) is 1. The molecule has 0 bridgehead atoms. The van der Waals surface area contributed by atoms with E-state index in [-0.39, 0.29) is 17.4 Å². The zero-order valence-corrected chi connectivity index (χ0v) is 24.4. The van der Waals surface area contributed by atoms with Crippen molar-refractivity contribution in [2.45, 2.75) is 25.7 Å². The molecule has 9 nitrogen and oxygen atoms in total. The van der Waals surface area contributed by atoms with Crippen LogP contribution in [0.25, 0.3) is 0 Å². The Morgan fingerprint density at radius 2 is 1.52 bits per heavy atom. The maximum Gasteiger partial charge on any atom is 0.264 e. The van der Waals surface area contributed by atoms with Crippen LogP contribution in [0.15, 0.2) is 107 Å². The Morgan fingerprint density at radius 3 is 2.21 bits per heavy atom. The molecule has 0 aliphatic carbocycles. The first kappa shape index (κ1) is 30.0. The number of carbonyl (C=O) groups is 2. The van der Waals surface area contributed by atoms with Gasteiger partial charge in [-0.15, -0.1) is 0 Å². The van der Waals surface area contributed by atoms with Gasteiger partial charge in [-0.3, -0.25) is 13.9 Å². The molecule has 0 aromatic heterocycles. The molecule has 216 valence electrons. The van der Waals surface area contributed by atoms with Gasteiger partial charge in [0, 0.05) is 5.69 Å². The monoisotopic (exact) mass is 584 g/mol. The molecule has 0 unspecified atom stereocenters. The van der Waals surface area contributed by atoms with Crippen LogP contribution in [-0.2, 0) is 19.6 Å². The van der Waals surface area contributed by atoms with E-state index in [4.69, 9.17) is 4.74 Å². The number of anilines is 2. The fourth-order valence-corrected chi connectivity index (χ4v) is 5.50. The molecule has 10 heteroatoms. The molecule has 2 amide bonds. The first-order valence-electron chi connectivity index (χ1n) is 13.2. The van der Waals surface area contributed by atoms with Gasteiger partial charge in [0.2, 0.25) is 0 Å². The summed E-state index contributed by atoms with van der Waals surface area (Å²) in [6.07, 6.45) is 1.43. The van der Waals surface area contributed by atoms with Crippen LogP contribution < -0.4 is 19.8 Å². The van der Waals surface area contributed by atoms with E-state index >= 15 is 0 Å². The molecule has 0 aliphatic rings. The van der Waals surface area contributed by atoms with E-state index in [2.05, 4.69) is 15.8 Å². The highest BCUT2D eigenvalue weighted by Gasteiger charge is 2.28. The summed E-state index contributed by atoms with van der Waals surface area (Å²) < 4.78 is 33.7. The van der Waals surface area contributed by atoms with Crippen LogP contribution in [0.1, 0.15) is 22.3 Å². The average molecular weight is 585 g/mol. The Hall–Kier alpha value is -4.96. The number of hydrazone groups is 1. The average Bonchev–Trinajstić information content (AvgIpc) is 2.99. The van der Waals surface area contributed by atoms with Crippen LogP contribution >= 0.6 is 0 Å². The first-order chi connectivity index (χ1) is 20.1. The molecule has 4 aromatic rings. The van der Waals surface area contributed by atoms with E-state index in [1.165, 1.54) is 18.3 Å². The van der Waals surface area contributed by atoms with E-state index in [9.17, 15) is 18.0 Å². The molecule has 0 spiro atoms. The summed E-state index contributed by atoms with van der Waals surface area (Å²) in [5, 5.41) is 6.76. The second-order valence-corrected chi connectivity index (χ2v) is 11.5. The molecular weight excluding hydrogens is 552 g/mol. The second-order valence-electron chi connectivity index (χ2n) is 9.61. The molecular formula is C32H32N4O5S. The fraction of sp³-hybridized carbons (Fsp3) is 0.156. The van der Waals surface area contributed by atoms with Crippen molar-refractivity contribution >= 4 is 39.4 Å². The summed E-state index contributed by atoms with van der Waals surface area (Å²) in [6, 6.07) is 27.5. The lowest BCUT2D eigenvalue weighted by molar-refractivity contribution is -0.119. The number of aryl methyl sites for hydroxylation is 2. The molecule has 0 heterocycles. The smallest absolute Gasteiger partial charge is 0.264 e. The SMILES string of the molecule is Cc1ccc(NC(=O)COc2ccc(/C=N/NC(=O)CN(c3cccc(C)c3C)S(=O)(=O)c3ccccc3)cc2)cc1. The fourth-order valence-electron chi connectivity index (χ4n) is 4.00. The minimum Gasteiger partial charge on any atom is -0.484 e. The van der Waals surface area contributed by atoms with Crippen molar-refractivity contribution in [1.82, 2.24) is 5.43 Å². The van der Waals surface area contributed by atoms with Gasteiger partial charge in [0.25, 0.3) is 21.8 Å². The van der Waals surface area contributed by atoms with Crippen molar-refractivity contribution in [1.29, 1.82) is 0 Å². The third-order valence-corrected chi connectivity index (χ3v) is 8.23. The lowest BCUT2D eigenvalue weighted by atomic mass is 10.1. The van der Waals surface area contributed by atoms with Crippen molar-refractivity contribution in [3.8, 4) is 5.75 Å². The van der Waals surface area contributed by atoms with Crippen LogP contribution in [0.2, 0.25) is 0 Å². The third kappa shape index (κ3) is 7.82. The molecule has 2 N–H and O–H groups in total. The topological polar surface area (TPSA) is 117 Å². The molecule has 0 fully saturated rings. The molecule has 0 radical (unpaired) electrons. The van der Waals surface area contributed by atoms with Crippen molar-refractivity contribution in [2.75, 3.05) is 22.8 Å². The number of benzene rings is 4. The highest BCUT2D eigenvalue weighted by molar-refractivity contribution is 7.92. The minimum atomic E-state index is -4.02. The van der Waals surface area contributed by atoms with Crippen LogP contribution in [0.5, 0.6) is 5.75 Å². The van der Waals surface area contributed by atoms with Gasteiger partial charge in [0.15, 0.2) is 6.61 Å². The Bertz CT molecular complexity index is 1670.